The molecular weight excluding hydrogens is 276 g/mol. The summed E-state index contributed by atoms with van der Waals surface area (Å²) in [7, 11) is 3.01. The Kier molecular flexibility index (Phi) is 4.61. The average Bonchev–Trinajstić information content (AvgIpc) is 2.29. The predicted molar refractivity (Wildman–Crippen MR) is 63.6 cm³/mol. The van der Waals surface area contributed by atoms with Gasteiger partial charge in [0.25, 0.3) is 0 Å². The number of methoxy groups -OCH3 is 2. The number of ether oxygens (including phenoxy) is 3. The number of carbonyl (C=O) groups excluding carboxylic acids is 1. The molecule has 0 aliphatic carbocycles. The molecule has 1 atom stereocenters. The number of benzene rings is 1. The monoisotopic (exact) mass is 288 g/mol. The van der Waals surface area contributed by atoms with Gasteiger partial charge in [-0.05, 0) is 19.1 Å². The molecular formula is C11H13BrO4. The smallest absolute Gasteiger partial charge is 0.325 e. The molecule has 1 aromatic rings. The van der Waals surface area contributed by atoms with Gasteiger partial charge in [0.2, 0.25) is 5.75 Å². The van der Waals surface area contributed by atoms with Crippen LogP contribution in [0.3, 0.4) is 0 Å². The van der Waals surface area contributed by atoms with Crippen molar-refractivity contribution in [1.29, 1.82) is 0 Å². The Morgan fingerprint density at radius 1 is 1.25 bits per heavy atom. The third-order valence-electron chi connectivity index (χ3n) is 1.91. The van der Waals surface area contributed by atoms with Crippen molar-refractivity contribution in [3.63, 3.8) is 0 Å². The first-order chi connectivity index (χ1) is 7.60. The lowest BCUT2D eigenvalue weighted by molar-refractivity contribution is -0.133. The van der Waals surface area contributed by atoms with Gasteiger partial charge in [0.05, 0.1) is 14.2 Å². The molecule has 0 unspecified atom stereocenters. The first-order valence-electron chi connectivity index (χ1n) is 4.67. The molecule has 0 saturated carbocycles. The number of carbonyl (C=O) groups is 1. The van der Waals surface area contributed by atoms with Crippen LogP contribution in [0.2, 0.25) is 0 Å². The van der Waals surface area contributed by atoms with E-state index >= 15 is 0 Å². The summed E-state index contributed by atoms with van der Waals surface area (Å²) < 4.78 is 15.4. The van der Waals surface area contributed by atoms with Crippen molar-refractivity contribution in [2.45, 2.75) is 11.8 Å². The Labute approximate surface area is 103 Å². The van der Waals surface area contributed by atoms with E-state index in [0.29, 0.717) is 17.2 Å². The molecule has 0 radical (unpaired) electrons. The SMILES string of the molecule is COc1cccc(OC)c1OC(=O)[C@@H](C)Br. The van der Waals surface area contributed by atoms with Crippen LogP contribution < -0.4 is 14.2 Å². The Balaban J connectivity index is 3.04. The molecule has 0 spiro atoms. The lowest BCUT2D eigenvalue weighted by Crippen LogP contribution is -2.17. The third-order valence-corrected chi connectivity index (χ3v) is 2.28. The van der Waals surface area contributed by atoms with Crippen LogP contribution in [0, 0.1) is 0 Å². The van der Waals surface area contributed by atoms with Gasteiger partial charge in [0.1, 0.15) is 4.83 Å². The van der Waals surface area contributed by atoms with Crippen LogP contribution in [0.1, 0.15) is 6.92 Å². The van der Waals surface area contributed by atoms with Crippen molar-refractivity contribution in [2.24, 2.45) is 0 Å². The fraction of sp³-hybridized carbons (Fsp3) is 0.364. The summed E-state index contributed by atoms with van der Waals surface area (Å²) >= 11 is 3.13. The normalized spacial score (nSPS) is 11.8. The summed E-state index contributed by atoms with van der Waals surface area (Å²) in [4.78, 5) is 11.1. The molecule has 0 aromatic heterocycles. The van der Waals surface area contributed by atoms with Crippen LogP contribution in [0.15, 0.2) is 18.2 Å². The quantitative estimate of drug-likeness (QED) is 0.485. The van der Waals surface area contributed by atoms with Crippen molar-refractivity contribution in [1.82, 2.24) is 0 Å². The minimum Gasteiger partial charge on any atom is -0.493 e. The highest BCUT2D eigenvalue weighted by Crippen LogP contribution is 2.37. The van der Waals surface area contributed by atoms with Crippen LogP contribution in [-0.2, 0) is 4.79 Å². The van der Waals surface area contributed by atoms with Crippen LogP contribution in [0.25, 0.3) is 0 Å². The number of para-hydroxylation sites is 1. The minimum atomic E-state index is -0.400. The summed E-state index contributed by atoms with van der Waals surface area (Å²) in [5.74, 6) is 0.813. The first kappa shape index (κ1) is 12.8. The summed E-state index contributed by atoms with van der Waals surface area (Å²) in [6.07, 6.45) is 0. The van der Waals surface area contributed by atoms with Crippen molar-refractivity contribution >= 4 is 21.9 Å². The molecule has 0 amide bonds. The van der Waals surface area contributed by atoms with Gasteiger partial charge in [0.15, 0.2) is 11.5 Å². The standard InChI is InChI=1S/C11H13BrO4/c1-7(12)11(13)16-10-8(14-2)5-4-6-9(10)15-3/h4-7H,1-3H3/t7-/m1/s1. The van der Waals surface area contributed by atoms with Crippen molar-refractivity contribution in [3.8, 4) is 17.2 Å². The number of hydrogen-bond donors (Lipinski definition) is 0. The van der Waals surface area contributed by atoms with E-state index in [2.05, 4.69) is 15.9 Å². The van der Waals surface area contributed by atoms with E-state index in [-0.39, 0.29) is 4.83 Å². The molecule has 88 valence electrons. The molecule has 0 heterocycles. The van der Waals surface area contributed by atoms with E-state index in [1.165, 1.54) is 14.2 Å². The number of hydrogen-bond acceptors (Lipinski definition) is 4. The maximum Gasteiger partial charge on any atom is 0.325 e. The molecule has 0 bridgehead atoms. The lowest BCUT2D eigenvalue weighted by Gasteiger charge is -2.13. The predicted octanol–water partition coefficient (Wildman–Crippen LogP) is 2.39. The van der Waals surface area contributed by atoms with Gasteiger partial charge < -0.3 is 14.2 Å². The summed E-state index contributed by atoms with van der Waals surface area (Å²) in [6.45, 7) is 1.68. The molecule has 16 heavy (non-hydrogen) atoms. The topological polar surface area (TPSA) is 44.8 Å². The average molecular weight is 289 g/mol. The summed E-state index contributed by atoms with van der Waals surface area (Å²) in [5.41, 5.74) is 0. The fourth-order valence-corrected chi connectivity index (χ4v) is 1.19. The highest BCUT2D eigenvalue weighted by molar-refractivity contribution is 9.10. The molecule has 0 aliphatic heterocycles. The lowest BCUT2D eigenvalue weighted by atomic mass is 10.3. The second-order valence-corrected chi connectivity index (χ2v) is 4.40. The van der Waals surface area contributed by atoms with Crippen molar-refractivity contribution < 1.29 is 19.0 Å². The van der Waals surface area contributed by atoms with Gasteiger partial charge in [-0.2, -0.15) is 0 Å². The van der Waals surface area contributed by atoms with E-state index in [0.717, 1.165) is 0 Å². The molecule has 4 nitrogen and oxygen atoms in total. The van der Waals surface area contributed by atoms with Crippen LogP contribution >= 0.6 is 15.9 Å². The van der Waals surface area contributed by atoms with E-state index in [9.17, 15) is 4.79 Å². The van der Waals surface area contributed by atoms with Gasteiger partial charge in [-0.25, -0.2) is 0 Å². The summed E-state index contributed by atoms with van der Waals surface area (Å²) in [6, 6.07) is 5.15. The third kappa shape index (κ3) is 2.88. The first-order valence-corrected chi connectivity index (χ1v) is 5.58. The largest absolute Gasteiger partial charge is 0.493 e. The molecule has 1 aromatic carbocycles. The molecule has 0 N–H and O–H groups in total. The molecule has 0 fully saturated rings. The zero-order valence-electron chi connectivity index (χ0n) is 9.32. The zero-order valence-corrected chi connectivity index (χ0v) is 10.9. The number of esters is 1. The number of alkyl halides is 1. The fourth-order valence-electron chi connectivity index (χ4n) is 1.10. The van der Waals surface area contributed by atoms with Crippen LogP contribution in [0.5, 0.6) is 17.2 Å². The zero-order chi connectivity index (χ0) is 12.1. The highest BCUT2D eigenvalue weighted by atomic mass is 79.9. The Hall–Kier alpha value is -1.23. The van der Waals surface area contributed by atoms with Gasteiger partial charge in [0, 0.05) is 0 Å². The molecule has 5 heteroatoms. The maximum atomic E-state index is 11.5. The van der Waals surface area contributed by atoms with E-state index in [1.54, 1.807) is 25.1 Å². The van der Waals surface area contributed by atoms with Gasteiger partial charge in [-0.15, -0.1) is 0 Å². The van der Waals surface area contributed by atoms with Gasteiger partial charge >= 0.3 is 5.97 Å². The van der Waals surface area contributed by atoms with E-state index in [1.807, 2.05) is 0 Å². The Morgan fingerprint density at radius 3 is 2.12 bits per heavy atom. The van der Waals surface area contributed by atoms with Crippen molar-refractivity contribution in [3.05, 3.63) is 18.2 Å². The second kappa shape index (κ2) is 5.75. The molecule has 0 saturated heterocycles. The van der Waals surface area contributed by atoms with Crippen molar-refractivity contribution in [2.75, 3.05) is 14.2 Å². The van der Waals surface area contributed by atoms with E-state index < -0.39 is 5.97 Å². The minimum absolute atomic E-state index is 0.295. The Morgan fingerprint density at radius 2 is 1.75 bits per heavy atom. The molecule has 1 rings (SSSR count). The highest BCUT2D eigenvalue weighted by Gasteiger charge is 2.18. The number of rotatable bonds is 4. The van der Waals surface area contributed by atoms with Crippen LogP contribution in [-0.4, -0.2) is 25.0 Å². The molecule has 0 aliphatic rings. The van der Waals surface area contributed by atoms with Gasteiger partial charge in [-0.1, -0.05) is 22.0 Å². The van der Waals surface area contributed by atoms with Crippen LogP contribution in [0.4, 0.5) is 0 Å². The van der Waals surface area contributed by atoms with Gasteiger partial charge in [-0.3, -0.25) is 4.79 Å². The summed E-state index contributed by atoms with van der Waals surface area (Å²) in [5, 5.41) is 0. The second-order valence-electron chi connectivity index (χ2n) is 3.03. The van der Waals surface area contributed by atoms with E-state index in [4.69, 9.17) is 14.2 Å². The maximum absolute atomic E-state index is 11.5. The number of halogens is 1. The Bertz CT molecular complexity index is 354.